The van der Waals surface area contributed by atoms with Gasteiger partial charge >= 0.3 is 0 Å². The third-order valence-corrected chi connectivity index (χ3v) is 3.17. The lowest BCUT2D eigenvalue weighted by atomic mass is 9.98. The van der Waals surface area contributed by atoms with Gasteiger partial charge < -0.3 is 0 Å². The Balaban J connectivity index is 2.42. The SMILES string of the molecule is CC(C)N1CCCCC1CCP. The third-order valence-electron chi connectivity index (χ3n) is 2.84. The molecule has 1 aliphatic rings. The molecule has 2 atom stereocenters. The summed E-state index contributed by atoms with van der Waals surface area (Å²) in [6.45, 7) is 5.97. The Kier molecular flexibility index (Phi) is 4.53. The van der Waals surface area contributed by atoms with Crippen LogP contribution in [0, 0.1) is 0 Å². The number of likely N-dealkylation sites (tertiary alicyclic amines) is 1. The predicted molar refractivity (Wildman–Crippen MR) is 58.7 cm³/mol. The average Bonchev–Trinajstić information content (AvgIpc) is 2.05. The smallest absolute Gasteiger partial charge is 0.0101 e. The molecular weight excluding hydrogens is 165 g/mol. The molecule has 1 rings (SSSR count). The fourth-order valence-electron chi connectivity index (χ4n) is 2.21. The first-order valence-electron chi connectivity index (χ1n) is 5.21. The highest BCUT2D eigenvalue weighted by Crippen LogP contribution is 2.22. The van der Waals surface area contributed by atoms with Gasteiger partial charge in [0, 0.05) is 12.1 Å². The highest BCUT2D eigenvalue weighted by molar-refractivity contribution is 7.16. The number of hydrogen-bond acceptors (Lipinski definition) is 1. The number of rotatable bonds is 3. The molecule has 0 amide bonds. The maximum Gasteiger partial charge on any atom is 0.0101 e. The Morgan fingerprint density at radius 2 is 2.17 bits per heavy atom. The summed E-state index contributed by atoms with van der Waals surface area (Å²) < 4.78 is 0. The first kappa shape index (κ1) is 10.5. The summed E-state index contributed by atoms with van der Waals surface area (Å²) >= 11 is 0. The van der Waals surface area contributed by atoms with Gasteiger partial charge in [-0.1, -0.05) is 6.42 Å². The zero-order valence-electron chi connectivity index (χ0n) is 8.42. The van der Waals surface area contributed by atoms with Gasteiger partial charge in [-0.15, -0.1) is 9.24 Å². The summed E-state index contributed by atoms with van der Waals surface area (Å²) in [5.41, 5.74) is 0. The molecule has 0 aromatic rings. The van der Waals surface area contributed by atoms with Crippen LogP contribution in [0.15, 0.2) is 0 Å². The van der Waals surface area contributed by atoms with Crippen LogP contribution < -0.4 is 0 Å². The molecular formula is C10H22NP. The minimum absolute atomic E-state index is 0.742. The first-order chi connectivity index (χ1) is 5.75. The maximum atomic E-state index is 2.85. The van der Waals surface area contributed by atoms with Gasteiger partial charge in [0.05, 0.1) is 0 Å². The van der Waals surface area contributed by atoms with Gasteiger partial charge in [0.15, 0.2) is 0 Å². The summed E-state index contributed by atoms with van der Waals surface area (Å²) in [6, 6.07) is 1.61. The van der Waals surface area contributed by atoms with E-state index in [9.17, 15) is 0 Å². The Hall–Kier alpha value is 0.390. The van der Waals surface area contributed by atoms with E-state index >= 15 is 0 Å². The molecule has 0 bridgehead atoms. The summed E-state index contributed by atoms with van der Waals surface area (Å²) in [6.07, 6.45) is 6.90. The third kappa shape index (κ3) is 2.71. The molecule has 0 radical (unpaired) electrons. The largest absolute Gasteiger partial charge is 0.298 e. The minimum atomic E-state index is 0.742. The molecule has 72 valence electrons. The molecule has 0 spiro atoms. The molecule has 2 heteroatoms. The van der Waals surface area contributed by atoms with Crippen molar-refractivity contribution in [2.45, 2.75) is 51.6 Å². The maximum absolute atomic E-state index is 2.85. The Bertz CT molecular complexity index is 123. The van der Waals surface area contributed by atoms with Gasteiger partial charge in [0.25, 0.3) is 0 Å². The average molecular weight is 187 g/mol. The Morgan fingerprint density at radius 3 is 2.75 bits per heavy atom. The lowest BCUT2D eigenvalue weighted by molar-refractivity contribution is 0.109. The molecule has 0 N–H and O–H groups in total. The molecule has 2 unspecified atom stereocenters. The summed E-state index contributed by atoms with van der Waals surface area (Å²) in [4.78, 5) is 2.67. The highest BCUT2D eigenvalue weighted by Gasteiger charge is 2.22. The Labute approximate surface area is 79.1 Å². The summed E-state index contributed by atoms with van der Waals surface area (Å²) in [5.74, 6) is 0. The van der Waals surface area contributed by atoms with Crippen molar-refractivity contribution in [2.24, 2.45) is 0 Å². The van der Waals surface area contributed by atoms with Crippen molar-refractivity contribution in [3.05, 3.63) is 0 Å². The van der Waals surface area contributed by atoms with E-state index in [2.05, 4.69) is 28.0 Å². The first-order valence-corrected chi connectivity index (χ1v) is 6.03. The van der Waals surface area contributed by atoms with Gasteiger partial charge in [-0.05, 0) is 45.8 Å². The van der Waals surface area contributed by atoms with Crippen molar-refractivity contribution >= 4 is 9.24 Å². The van der Waals surface area contributed by atoms with Crippen molar-refractivity contribution in [3.8, 4) is 0 Å². The molecule has 1 aliphatic heterocycles. The lowest BCUT2D eigenvalue weighted by Gasteiger charge is -2.38. The van der Waals surface area contributed by atoms with E-state index in [1.807, 2.05) is 0 Å². The predicted octanol–water partition coefficient (Wildman–Crippen LogP) is 2.51. The zero-order valence-corrected chi connectivity index (χ0v) is 9.58. The van der Waals surface area contributed by atoms with Crippen LogP contribution >= 0.6 is 9.24 Å². The normalized spacial score (nSPS) is 26.5. The van der Waals surface area contributed by atoms with Crippen LogP contribution in [-0.2, 0) is 0 Å². The number of piperidine rings is 1. The van der Waals surface area contributed by atoms with Crippen molar-refractivity contribution in [1.29, 1.82) is 0 Å². The van der Waals surface area contributed by atoms with Gasteiger partial charge in [-0.3, -0.25) is 4.90 Å². The van der Waals surface area contributed by atoms with E-state index < -0.39 is 0 Å². The van der Waals surface area contributed by atoms with Gasteiger partial charge in [-0.25, -0.2) is 0 Å². The van der Waals surface area contributed by atoms with E-state index in [0.717, 1.165) is 12.1 Å². The van der Waals surface area contributed by atoms with Crippen molar-refractivity contribution in [3.63, 3.8) is 0 Å². The fraction of sp³-hybridized carbons (Fsp3) is 1.00. The lowest BCUT2D eigenvalue weighted by Crippen LogP contribution is -2.43. The van der Waals surface area contributed by atoms with Crippen LogP contribution in [0.25, 0.3) is 0 Å². The van der Waals surface area contributed by atoms with Crippen LogP contribution in [0.2, 0.25) is 0 Å². The van der Waals surface area contributed by atoms with E-state index in [0.29, 0.717) is 0 Å². The van der Waals surface area contributed by atoms with Crippen LogP contribution in [0.4, 0.5) is 0 Å². The second-order valence-corrected chi connectivity index (χ2v) is 4.64. The van der Waals surface area contributed by atoms with Crippen molar-refractivity contribution in [2.75, 3.05) is 12.7 Å². The van der Waals surface area contributed by atoms with Gasteiger partial charge in [0.2, 0.25) is 0 Å². The molecule has 0 aromatic carbocycles. The molecule has 0 saturated carbocycles. The Morgan fingerprint density at radius 1 is 1.42 bits per heavy atom. The molecule has 1 nitrogen and oxygen atoms in total. The molecule has 12 heavy (non-hydrogen) atoms. The van der Waals surface area contributed by atoms with Crippen molar-refractivity contribution in [1.82, 2.24) is 4.90 Å². The van der Waals surface area contributed by atoms with Crippen LogP contribution in [0.3, 0.4) is 0 Å². The zero-order chi connectivity index (χ0) is 8.97. The van der Waals surface area contributed by atoms with E-state index in [-0.39, 0.29) is 0 Å². The highest BCUT2D eigenvalue weighted by atomic mass is 31.0. The van der Waals surface area contributed by atoms with Gasteiger partial charge in [0.1, 0.15) is 0 Å². The fourth-order valence-corrected chi connectivity index (χ4v) is 2.59. The molecule has 1 saturated heterocycles. The minimum Gasteiger partial charge on any atom is -0.298 e. The summed E-state index contributed by atoms with van der Waals surface area (Å²) in [5, 5.41) is 0. The number of hydrogen-bond donors (Lipinski definition) is 0. The molecule has 1 fully saturated rings. The topological polar surface area (TPSA) is 3.24 Å². The second kappa shape index (κ2) is 5.19. The standard InChI is InChI=1S/C10H22NP/c1-9(2)11-7-4-3-5-10(11)6-8-12/h9-10H,3-8,12H2,1-2H3. The van der Waals surface area contributed by atoms with Gasteiger partial charge in [-0.2, -0.15) is 0 Å². The summed E-state index contributed by atoms with van der Waals surface area (Å²) in [7, 11) is 2.85. The number of nitrogens with zero attached hydrogens (tertiary/aromatic N) is 1. The van der Waals surface area contributed by atoms with E-state index in [1.54, 1.807) is 0 Å². The second-order valence-electron chi connectivity index (χ2n) is 4.06. The van der Waals surface area contributed by atoms with E-state index in [1.165, 1.54) is 38.4 Å². The molecule has 1 heterocycles. The quantitative estimate of drug-likeness (QED) is 0.614. The van der Waals surface area contributed by atoms with Crippen molar-refractivity contribution < 1.29 is 0 Å². The van der Waals surface area contributed by atoms with Crippen LogP contribution in [0.1, 0.15) is 39.5 Å². The monoisotopic (exact) mass is 187 g/mol. The van der Waals surface area contributed by atoms with Crippen LogP contribution in [0.5, 0.6) is 0 Å². The molecule has 0 aromatic heterocycles. The van der Waals surface area contributed by atoms with Crippen LogP contribution in [-0.4, -0.2) is 29.7 Å². The molecule has 0 aliphatic carbocycles. The van der Waals surface area contributed by atoms with E-state index in [4.69, 9.17) is 0 Å².